The molecule has 1 aromatic heterocycles. The zero-order valence-electron chi connectivity index (χ0n) is 14.9. The molecule has 1 aliphatic carbocycles. The number of benzene rings is 1. The first-order valence-corrected chi connectivity index (χ1v) is 9.15. The van der Waals surface area contributed by atoms with Crippen LogP contribution in [0.15, 0.2) is 47.1 Å². The average molecular weight is 367 g/mol. The SMILES string of the molecule is O=C(Nc1ccc(C(=O)N2CCN(C(=O)c3ccco3)CC2)cc1)C1CC1. The van der Waals surface area contributed by atoms with Crippen LogP contribution < -0.4 is 5.32 Å². The molecule has 1 N–H and O–H groups in total. The summed E-state index contributed by atoms with van der Waals surface area (Å²) in [5.41, 5.74) is 1.28. The van der Waals surface area contributed by atoms with Gasteiger partial charge in [-0.15, -0.1) is 0 Å². The highest BCUT2D eigenvalue weighted by molar-refractivity contribution is 5.97. The van der Waals surface area contributed by atoms with Crippen molar-refractivity contribution in [3.8, 4) is 0 Å². The Morgan fingerprint density at radius 3 is 2.07 bits per heavy atom. The van der Waals surface area contributed by atoms with E-state index in [1.165, 1.54) is 6.26 Å². The van der Waals surface area contributed by atoms with Crippen molar-refractivity contribution in [2.75, 3.05) is 31.5 Å². The third kappa shape index (κ3) is 3.86. The lowest BCUT2D eigenvalue weighted by atomic mass is 10.1. The molecule has 3 amide bonds. The normalized spacial score (nSPS) is 16.9. The predicted molar refractivity (Wildman–Crippen MR) is 98.3 cm³/mol. The van der Waals surface area contributed by atoms with Crippen LogP contribution in [0.25, 0.3) is 0 Å². The van der Waals surface area contributed by atoms with Crippen molar-refractivity contribution in [3.63, 3.8) is 0 Å². The maximum absolute atomic E-state index is 12.7. The summed E-state index contributed by atoms with van der Waals surface area (Å²) in [5, 5.41) is 2.86. The van der Waals surface area contributed by atoms with Gasteiger partial charge in [0.15, 0.2) is 5.76 Å². The molecule has 140 valence electrons. The number of furan rings is 1. The van der Waals surface area contributed by atoms with Crippen molar-refractivity contribution >= 4 is 23.4 Å². The van der Waals surface area contributed by atoms with Gasteiger partial charge in [-0.05, 0) is 49.2 Å². The third-order valence-electron chi connectivity index (χ3n) is 4.93. The van der Waals surface area contributed by atoms with Crippen LogP contribution >= 0.6 is 0 Å². The molecule has 4 rings (SSSR count). The smallest absolute Gasteiger partial charge is 0.289 e. The topological polar surface area (TPSA) is 82.9 Å². The Balaban J connectivity index is 1.32. The number of hydrogen-bond donors (Lipinski definition) is 1. The molecule has 2 aliphatic rings. The Morgan fingerprint density at radius 2 is 1.52 bits per heavy atom. The lowest BCUT2D eigenvalue weighted by Gasteiger charge is -2.34. The van der Waals surface area contributed by atoms with Crippen molar-refractivity contribution < 1.29 is 18.8 Å². The Bertz CT molecular complexity index is 833. The third-order valence-corrected chi connectivity index (χ3v) is 4.93. The minimum absolute atomic E-state index is 0.0476. The number of nitrogens with one attached hydrogen (secondary N) is 1. The molecule has 1 saturated heterocycles. The highest BCUT2D eigenvalue weighted by atomic mass is 16.3. The fraction of sp³-hybridized carbons (Fsp3) is 0.350. The van der Waals surface area contributed by atoms with E-state index in [1.54, 1.807) is 46.2 Å². The summed E-state index contributed by atoms with van der Waals surface area (Å²) in [6.07, 6.45) is 3.39. The van der Waals surface area contributed by atoms with E-state index < -0.39 is 0 Å². The van der Waals surface area contributed by atoms with Crippen molar-refractivity contribution in [1.29, 1.82) is 0 Å². The number of amides is 3. The van der Waals surface area contributed by atoms with Crippen LogP contribution in [0.5, 0.6) is 0 Å². The molecule has 2 fully saturated rings. The van der Waals surface area contributed by atoms with Crippen LogP contribution in [-0.4, -0.2) is 53.7 Å². The van der Waals surface area contributed by atoms with Gasteiger partial charge in [0.2, 0.25) is 5.91 Å². The number of nitrogens with zero attached hydrogens (tertiary/aromatic N) is 2. The van der Waals surface area contributed by atoms with Crippen LogP contribution in [0, 0.1) is 5.92 Å². The summed E-state index contributed by atoms with van der Waals surface area (Å²) >= 11 is 0. The van der Waals surface area contributed by atoms with E-state index in [0.29, 0.717) is 43.2 Å². The second kappa shape index (κ2) is 7.26. The van der Waals surface area contributed by atoms with Crippen LogP contribution in [0.4, 0.5) is 5.69 Å². The first-order valence-electron chi connectivity index (χ1n) is 9.15. The molecule has 0 atom stereocenters. The Labute approximate surface area is 156 Å². The van der Waals surface area contributed by atoms with Crippen LogP contribution in [0.2, 0.25) is 0 Å². The summed E-state index contributed by atoms with van der Waals surface area (Å²) in [6.45, 7) is 1.90. The van der Waals surface area contributed by atoms with Crippen LogP contribution in [-0.2, 0) is 4.79 Å². The summed E-state index contributed by atoms with van der Waals surface area (Å²) in [6, 6.07) is 10.3. The van der Waals surface area contributed by atoms with Crippen molar-refractivity contribution in [1.82, 2.24) is 9.80 Å². The van der Waals surface area contributed by atoms with Gasteiger partial charge in [-0.2, -0.15) is 0 Å². The first-order chi connectivity index (χ1) is 13.1. The Kier molecular flexibility index (Phi) is 4.66. The monoisotopic (exact) mass is 367 g/mol. The van der Waals surface area contributed by atoms with Gasteiger partial charge in [0.25, 0.3) is 11.8 Å². The largest absolute Gasteiger partial charge is 0.459 e. The van der Waals surface area contributed by atoms with E-state index in [2.05, 4.69) is 5.32 Å². The zero-order chi connectivity index (χ0) is 18.8. The number of piperazine rings is 1. The number of hydrogen-bond acceptors (Lipinski definition) is 4. The molecule has 0 unspecified atom stereocenters. The molecule has 0 spiro atoms. The van der Waals surface area contributed by atoms with Gasteiger partial charge in [-0.25, -0.2) is 0 Å². The van der Waals surface area contributed by atoms with Gasteiger partial charge in [-0.3, -0.25) is 14.4 Å². The molecular formula is C20H21N3O4. The maximum Gasteiger partial charge on any atom is 0.289 e. The maximum atomic E-state index is 12.7. The van der Waals surface area contributed by atoms with Gasteiger partial charge in [-0.1, -0.05) is 0 Å². The predicted octanol–water partition coefficient (Wildman–Crippen LogP) is 2.23. The second-order valence-electron chi connectivity index (χ2n) is 6.90. The molecule has 27 heavy (non-hydrogen) atoms. The molecule has 7 heteroatoms. The lowest BCUT2D eigenvalue weighted by Crippen LogP contribution is -2.50. The van der Waals surface area contributed by atoms with E-state index in [-0.39, 0.29) is 23.6 Å². The average Bonchev–Trinajstić information content (AvgIpc) is 3.42. The standard InChI is InChI=1S/C20H21N3O4/c24-18(14-3-4-14)21-16-7-5-15(6-8-16)19(25)22-9-11-23(12-10-22)20(26)17-2-1-13-27-17/h1-2,5-8,13-14H,3-4,9-12H2,(H,21,24). The highest BCUT2D eigenvalue weighted by Gasteiger charge is 2.30. The summed E-state index contributed by atoms with van der Waals surface area (Å²) in [4.78, 5) is 40.2. The number of anilines is 1. The Hall–Kier alpha value is -3.09. The van der Waals surface area contributed by atoms with Gasteiger partial charge >= 0.3 is 0 Å². The molecule has 0 bridgehead atoms. The molecule has 1 aromatic carbocycles. The van der Waals surface area contributed by atoms with E-state index in [4.69, 9.17) is 4.42 Å². The first kappa shape index (κ1) is 17.3. The summed E-state index contributed by atoms with van der Waals surface area (Å²) < 4.78 is 5.15. The number of carbonyl (C=O) groups excluding carboxylic acids is 3. The number of rotatable bonds is 4. The quantitative estimate of drug-likeness (QED) is 0.898. The fourth-order valence-electron chi connectivity index (χ4n) is 3.14. The van der Waals surface area contributed by atoms with Crippen molar-refractivity contribution in [2.24, 2.45) is 5.92 Å². The minimum atomic E-state index is -0.150. The summed E-state index contributed by atoms with van der Waals surface area (Å²) in [7, 11) is 0. The molecule has 2 heterocycles. The molecule has 1 saturated carbocycles. The second-order valence-corrected chi connectivity index (χ2v) is 6.90. The van der Waals surface area contributed by atoms with Crippen LogP contribution in [0.1, 0.15) is 33.8 Å². The molecular weight excluding hydrogens is 346 g/mol. The van der Waals surface area contributed by atoms with Crippen molar-refractivity contribution in [2.45, 2.75) is 12.8 Å². The Morgan fingerprint density at radius 1 is 0.889 bits per heavy atom. The van der Waals surface area contributed by atoms with E-state index in [9.17, 15) is 14.4 Å². The van der Waals surface area contributed by atoms with Gasteiger partial charge < -0.3 is 19.5 Å². The zero-order valence-corrected chi connectivity index (χ0v) is 14.9. The minimum Gasteiger partial charge on any atom is -0.459 e. The van der Waals surface area contributed by atoms with E-state index in [0.717, 1.165) is 12.8 Å². The van der Waals surface area contributed by atoms with Gasteiger partial charge in [0.1, 0.15) is 0 Å². The number of carbonyl (C=O) groups is 3. The van der Waals surface area contributed by atoms with Gasteiger partial charge in [0.05, 0.1) is 6.26 Å². The lowest BCUT2D eigenvalue weighted by molar-refractivity contribution is -0.117. The fourth-order valence-corrected chi connectivity index (χ4v) is 3.14. The van der Waals surface area contributed by atoms with Gasteiger partial charge in [0, 0.05) is 43.3 Å². The highest BCUT2D eigenvalue weighted by Crippen LogP contribution is 2.30. The molecule has 1 aliphatic heterocycles. The molecule has 0 radical (unpaired) electrons. The van der Waals surface area contributed by atoms with Crippen molar-refractivity contribution in [3.05, 3.63) is 54.0 Å². The molecule has 7 nitrogen and oxygen atoms in total. The van der Waals surface area contributed by atoms with E-state index >= 15 is 0 Å². The summed E-state index contributed by atoms with van der Waals surface area (Å²) in [5.74, 6) is 0.291. The van der Waals surface area contributed by atoms with E-state index in [1.807, 2.05) is 0 Å². The van der Waals surface area contributed by atoms with Crippen LogP contribution in [0.3, 0.4) is 0 Å². The molecule has 2 aromatic rings.